The molecule has 27 heavy (non-hydrogen) atoms. The van der Waals surface area contributed by atoms with Gasteiger partial charge < -0.3 is 15.2 Å². The summed E-state index contributed by atoms with van der Waals surface area (Å²) in [5, 5.41) is 8.88. The van der Waals surface area contributed by atoms with Crippen molar-refractivity contribution < 1.29 is 18.5 Å². The Bertz CT molecular complexity index is 777. The van der Waals surface area contributed by atoms with Crippen molar-refractivity contribution in [2.75, 3.05) is 11.1 Å². The fourth-order valence-electron chi connectivity index (χ4n) is 2.45. The Morgan fingerprint density at radius 3 is 2.44 bits per heavy atom. The number of amides is 2. The molecule has 0 aliphatic rings. The summed E-state index contributed by atoms with van der Waals surface area (Å²) in [4.78, 5) is 24.5. The van der Waals surface area contributed by atoms with Crippen molar-refractivity contribution in [2.45, 2.75) is 39.0 Å². The first-order chi connectivity index (χ1) is 12.8. The summed E-state index contributed by atoms with van der Waals surface area (Å²) in [7, 11) is 0. The van der Waals surface area contributed by atoms with Crippen LogP contribution >= 0.6 is 11.8 Å². The number of nitrogens with zero attached hydrogens (tertiary/aromatic N) is 1. The van der Waals surface area contributed by atoms with Crippen LogP contribution in [0.25, 0.3) is 0 Å². The molecule has 1 aromatic heterocycles. The van der Waals surface area contributed by atoms with Crippen LogP contribution in [0.1, 0.15) is 38.1 Å². The summed E-state index contributed by atoms with van der Waals surface area (Å²) in [6.45, 7) is 7.42. The summed E-state index contributed by atoms with van der Waals surface area (Å²) < 4.78 is 18.0. The minimum Gasteiger partial charge on any atom is -0.360 e. The lowest BCUT2D eigenvalue weighted by atomic mass is 9.96. The number of carbonyl (C=O) groups excluding carboxylic acids is 2. The smallest absolute Gasteiger partial charge is 0.238 e. The van der Waals surface area contributed by atoms with Crippen molar-refractivity contribution in [2.24, 2.45) is 5.92 Å². The number of halogens is 1. The Morgan fingerprint density at radius 2 is 1.89 bits per heavy atom. The van der Waals surface area contributed by atoms with Crippen LogP contribution in [0, 0.1) is 18.7 Å². The number of benzene rings is 1. The van der Waals surface area contributed by atoms with Gasteiger partial charge in [-0.05, 0) is 37.5 Å². The number of rotatable bonds is 8. The van der Waals surface area contributed by atoms with Crippen molar-refractivity contribution in [3.63, 3.8) is 0 Å². The molecule has 0 radical (unpaired) electrons. The molecule has 1 heterocycles. The highest BCUT2D eigenvalue weighted by molar-refractivity contribution is 8.01. The Balaban J connectivity index is 1.86. The molecule has 2 amide bonds. The number of carbonyl (C=O) groups is 2. The first-order valence-corrected chi connectivity index (χ1v) is 9.71. The molecule has 1 aromatic carbocycles. The third-order valence-electron chi connectivity index (χ3n) is 3.93. The molecule has 0 saturated heterocycles. The molecule has 2 atom stereocenters. The number of anilines is 1. The largest absolute Gasteiger partial charge is 0.360 e. The molecule has 0 fully saturated rings. The van der Waals surface area contributed by atoms with E-state index in [2.05, 4.69) is 15.8 Å². The van der Waals surface area contributed by atoms with E-state index >= 15 is 0 Å². The van der Waals surface area contributed by atoms with E-state index in [-0.39, 0.29) is 35.3 Å². The lowest BCUT2D eigenvalue weighted by Gasteiger charge is -2.23. The predicted octanol–water partition coefficient (Wildman–Crippen LogP) is 3.70. The predicted molar refractivity (Wildman–Crippen MR) is 104 cm³/mol. The Kier molecular flexibility index (Phi) is 7.41. The van der Waals surface area contributed by atoms with Crippen LogP contribution in [0.2, 0.25) is 0 Å². The lowest BCUT2D eigenvalue weighted by molar-refractivity contribution is -0.119. The standard InChI is InChI=1S/C19H24FN3O3S/c1-11(2)18(14-5-7-15(20)8-6-14)22-17(24)10-27-13(4)19(25)21-16-9-12(3)26-23-16/h5-9,11,13,18H,10H2,1-4H3,(H,22,24)(H,21,23,25). The molecule has 8 heteroatoms. The summed E-state index contributed by atoms with van der Waals surface area (Å²) in [5.74, 6) is 0.485. The average molecular weight is 393 g/mol. The minimum atomic E-state index is -0.434. The van der Waals surface area contributed by atoms with E-state index < -0.39 is 5.25 Å². The molecule has 0 aliphatic heterocycles. The van der Waals surface area contributed by atoms with Gasteiger partial charge in [-0.3, -0.25) is 9.59 Å². The van der Waals surface area contributed by atoms with E-state index in [0.29, 0.717) is 11.6 Å². The highest BCUT2D eigenvalue weighted by atomic mass is 32.2. The average Bonchev–Trinajstić information content (AvgIpc) is 3.03. The summed E-state index contributed by atoms with van der Waals surface area (Å²) in [6.07, 6.45) is 0. The van der Waals surface area contributed by atoms with E-state index in [9.17, 15) is 14.0 Å². The molecule has 2 rings (SSSR count). The van der Waals surface area contributed by atoms with Crippen LogP contribution in [-0.2, 0) is 9.59 Å². The normalized spacial score (nSPS) is 13.3. The van der Waals surface area contributed by atoms with Gasteiger partial charge in [0.2, 0.25) is 11.8 Å². The highest BCUT2D eigenvalue weighted by Crippen LogP contribution is 2.22. The van der Waals surface area contributed by atoms with Gasteiger partial charge in [-0.25, -0.2) is 4.39 Å². The first kappa shape index (κ1) is 21.0. The summed E-state index contributed by atoms with van der Waals surface area (Å²) in [5.41, 5.74) is 0.844. The third-order valence-corrected chi connectivity index (χ3v) is 5.07. The second kappa shape index (κ2) is 9.55. The van der Waals surface area contributed by atoms with E-state index in [4.69, 9.17) is 4.52 Å². The summed E-state index contributed by atoms with van der Waals surface area (Å²) >= 11 is 1.23. The molecule has 0 saturated carbocycles. The molecule has 0 spiro atoms. The van der Waals surface area contributed by atoms with Crippen molar-refractivity contribution in [3.8, 4) is 0 Å². The quantitative estimate of drug-likeness (QED) is 0.714. The van der Waals surface area contributed by atoms with Crippen molar-refractivity contribution >= 4 is 29.4 Å². The van der Waals surface area contributed by atoms with E-state index in [1.807, 2.05) is 13.8 Å². The zero-order chi connectivity index (χ0) is 20.0. The SMILES string of the molecule is Cc1cc(NC(=O)C(C)SCC(=O)NC(c2ccc(F)cc2)C(C)C)no1. The van der Waals surface area contributed by atoms with Gasteiger partial charge >= 0.3 is 0 Å². The van der Waals surface area contributed by atoms with Crippen molar-refractivity contribution in [1.82, 2.24) is 10.5 Å². The van der Waals surface area contributed by atoms with E-state index in [0.717, 1.165) is 5.56 Å². The molecule has 2 N–H and O–H groups in total. The Labute approximate surface area is 162 Å². The molecule has 0 bridgehead atoms. The molecule has 6 nitrogen and oxygen atoms in total. The molecule has 146 valence electrons. The van der Waals surface area contributed by atoms with Crippen LogP contribution in [0.5, 0.6) is 0 Å². The van der Waals surface area contributed by atoms with Gasteiger partial charge in [0, 0.05) is 6.07 Å². The van der Waals surface area contributed by atoms with Gasteiger partial charge in [-0.15, -0.1) is 11.8 Å². The Hall–Kier alpha value is -2.35. The zero-order valence-electron chi connectivity index (χ0n) is 15.8. The topological polar surface area (TPSA) is 84.2 Å². The molecular weight excluding hydrogens is 369 g/mol. The second-order valence-electron chi connectivity index (χ2n) is 6.61. The monoisotopic (exact) mass is 393 g/mol. The van der Waals surface area contributed by atoms with Crippen molar-refractivity contribution in [1.29, 1.82) is 0 Å². The number of aryl methyl sites for hydroxylation is 1. The number of hydrogen-bond donors (Lipinski definition) is 2. The first-order valence-electron chi connectivity index (χ1n) is 8.67. The fraction of sp³-hybridized carbons (Fsp3) is 0.421. The fourth-order valence-corrected chi connectivity index (χ4v) is 3.14. The van der Waals surface area contributed by atoms with Crippen LogP contribution in [0.3, 0.4) is 0 Å². The van der Waals surface area contributed by atoms with Gasteiger partial charge in [0.15, 0.2) is 5.82 Å². The Morgan fingerprint density at radius 1 is 1.22 bits per heavy atom. The van der Waals surface area contributed by atoms with Gasteiger partial charge in [-0.1, -0.05) is 31.1 Å². The van der Waals surface area contributed by atoms with Crippen LogP contribution < -0.4 is 10.6 Å². The van der Waals surface area contributed by atoms with Gasteiger partial charge in [0.1, 0.15) is 11.6 Å². The van der Waals surface area contributed by atoms with E-state index in [1.165, 1.54) is 23.9 Å². The maximum Gasteiger partial charge on any atom is 0.238 e. The second-order valence-corrected chi connectivity index (χ2v) is 7.94. The number of hydrogen-bond acceptors (Lipinski definition) is 5. The number of nitrogens with one attached hydrogen (secondary N) is 2. The number of aromatic nitrogens is 1. The maximum atomic E-state index is 13.1. The van der Waals surface area contributed by atoms with Crippen LogP contribution in [-0.4, -0.2) is 28.0 Å². The molecular formula is C19H24FN3O3S. The van der Waals surface area contributed by atoms with Crippen LogP contribution in [0.15, 0.2) is 34.9 Å². The van der Waals surface area contributed by atoms with E-state index in [1.54, 1.807) is 32.0 Å². The molecule has 0 aliphatic carbocycles. The minimum absolute atomic E-state index is 0.136. The molecule has 2 aromatic rings. The molecule has 2 unspecified atom stereocenters. The van der Waals surface area contributed by atoms with Gasteiger partial charge in [0.05, 0.1) is 17.0 Å². The van der Waals surface area contributed by atoms with Crippen molar-refractivity contribution in [3.05, 3.63) is 47.5 Å². The van der Waals surface area contributed by atoms with Gasteiger partial charge in [0.25, 0.3) is 0 Å². The third kappa shape index (κ3) is 6.39. The van der Waals surface area contributed by atoms with Gasteiger partial charge in [-0.2, -0.15) is 0 Å². The van der Waals surface area contributed by atoms with Crippen LogP contribution in [0.4, 0.5) is 10.2 Å². The highest BCUT2D eigenvalue weighted by Gasteiger charge is 2.21. The maximum absolute atomic E-state index is 13.1. The summed E-state index contributed by atoms with van der Waals surface area (Å²) in [6, 6.07) is 7.50. The number of thioether (sulfide) groups is 1. The lowest BCUT2D eigenvalue weighted by Crippen LogP contribution is -2.34. The zero-order valence-corrected chi connectivity index (χ0v) is 16.6.